The van der Waals surface area contributed by atoms with Gasteiger partial charge >= 0.3 is 12.1 Å². The fraction of sp³-hybridized carbons (Fsp3) is 0.500. The quantitative estimate of drug-likeness (QED) is 0.567. The van der Waals surface area contributed by atoms with E-state index in [9.17, 15) is 27.9 Å². The number of aliphatic carboxylic acids is 1. The number of rotatable bonds is 8. The van der Waals surface area contributed by atoms with Crippen molar-refractivity contribution in [2.45, 2.75) is 36.7 Å². The molecule has 1 aliphatic heterocycles. The number of carbonyl (C=O) groups excluding carboxylic acids is 1. The molecular formula is C20H28F3N3O3S. The van der Waals surface area contributed by atoms with Crippen molar-refractivity contribution in [3.05, 3.63) is 46.9 Å². The first-order chi connectivity index (χ1) is 14.0. The van der Waals surface area contributed by atoms with Gasteiger partial charge in [0.15, 0.2) is 0 Å². The maximum absolute atomic E-state index is 12.7. The zero-order chi connectivity index (χ0) is 22.7. The Bertz CT molecular complexity index is 719. The molecule has 0 aromatic heterocycles. The summed E-state index contributed by atoms with van der Waals surface area (Å²) in [5.74, 6) is -2.04. The van der Waals surface area contributed by atoms with Gasteiger partial charge in [0, 0.05) is 10.8 Å². The van der Waals surface area contributed by atoms with E-state index in [0.717, 1.165) is 31.6 Å². The number of halogens is 3. The smallest absolute Gasteiger partial charge is 0.416 e. The summed E-state index contributed by atoms with van der Waals surface area (Å²) in [4.78, 5) is 25.4. The number of nitrogens with zero attached hydrogens (tertiary/aromatic N) is 1. The van der Waals surface area contributed by atoms with Gasteiger partial charge in [-0.15, -0.1) is 11.8 Å². The van der Waals surface area contributed by atoms with E-state index in [-0.39, 0.29) is 17.2 Å². The van der Waals surface area contributed by atoms with Gasteiger partial charge in [-0.2, -0.15) is 13.2 Å². The van der Waals surface area contributed by atoms with Crippen LogP contribution >= 0.6 is 11.8 Å². The van der Waals surface area contributed by atoms with Gasteiger partial charge < -0.3 is 21.1 Å². The first-order valence-electron chi connectivity index (χ1n) is 9.40. The van der Waals surface area contributed by atoms with Gasteiger partial charge in [0.1, 0.15) is 6.04 Å². The largest absolute Gasteiger partial charge is 0.480 e. The number of amides is 1. The molecule has 0 spiro atoms. The Morgan fingerprint density at radius 1 is 1.37 bits per heavy atom. The zero-order valence-corrected chi connectivity index (χ0v) is 17.8. The number of thioether (sulfide) groups is 1. The highest BCUT2D eigenvalue weighted by Crippen LogP contribution is 2.30. The molecule has 6 nitrogen and oxygen atoms in total. The molecule has 1 aliphatic rings. The lowest BCUT2D eigenvalue weighted by Gasteiger charge is -2.18. The normalized spacial score (nSPS) is 16.7. The Hall–Kier alpha value is -2.04. The van der Waals surface area contributed by atoms with Crippen molar-refractivity contribution >= 4 is 23.6 Å². The molecule has 0 bridgehead atoms. The molecule has 0 fully saturated rings. The van der Waals surface area contributed by atoms with E-state index in [1.807, 2.05) is 11.5 Å². The fourth-order valence-electron chi connectivity index (χ4n) is 2.55. The van der Waals surface area contributed by atoms with Gasteiger partial charge in [-0.1, -0.05) is 12.1 Å². The minimum absolute atomic E-state index is 0.0397. The molecule has 4 N–H and O–H groups in total. The third kappa shape index (κ3) is 9.64. The summed E-state index contributed by atoms with van der Waals surface area (Å²) in [6.45, 7) is 1.91. The molecule has 1 unspecified atom stereocenters. The summed E-state index contributed by atoms with van der Waals surface area (Å²) in [5, 5.41) is 13.4. The Kier molecular flexibility index (Phi) is 10.9. The van der Waals surface area contributed by atoms with Crippen molar-refractivity contribution in [3.63, 3.8) is 0 Å². The predicted molar refractivity (Wildman–Crippen MR) is 112 cm³/mol. The van der Waals surface area contributed by atoms with E-state index in [0.29, 0.717) is 12.5 Å². The number of alkyl halides is 3. The van der Waals surface area contributed by atoms with Crippen molar-refractivity contribution in [2.24, 2.45) is 5.73 Å². The number of carbonyl (C=O) groups is 2. The van der Waals surface area contributed by atoms with Crippen molar-refractivity contribution in [1.29, 1.82) is 0 Å². The lowest BCUT2D eigenvalue weighted by molar-refractivity contribution is -0.139. The molecule has 1 aromatic carbocycles. The molecule has 0 saturated carbocycles. The molecular weight excluding hydrogens is 419 g/mol. The van der Waals surface area contributed by atoms with Gasteiger partial charge in [0.25, 0.3) is 5.91 Å². The fourth-order valence-corrected chi connectivity index (χ4v) is 3.52. The number of hydrogen-bond acceptors (Lipinski definition) is 5. The summed E-state index contributed by atoms with van der Waals surface area (Å²) in [7, 11) is 4.10. The average molecular weight is 448 g/mol. The highest BCUT2D eigenvalue weighted by Gasteiger charge is 2.31. The van der Waals surface area contributed by atoms with Gasteiger partial charge in [0.2, 0.25) is 0 Å². The molecule has 168 valence electrons. The molecule has 1 aromatic rings. The first-order valence-corrected chi connectivity index (χ1v) is 10.3. The summed E-state index contributed by atoms with van der Waals surface area (Å²) >= 11 is 1.47. The summed E-state index contributed by atoms with van der Waals surface area (Å²) in [6, 6.07) is 2.75. The minimum Gasteiger partial charge on any atom is -0.480 e. The van der Waals surface area contributed by atoms with Crippen molar-refractivity contribution in [1.82, 2.24) is 10.2 Å². The third-order valence-corrected chi connectivity index (χ3v) is 5.25. The number of carboxylic acids is 1. The molecule has 1 amide bonds. The van der Waals surface area contributed by atoms with E-state index in [2.05, 4.69) is 24.3 Å². The van der Waals surface area contributed by atoms with Crippen LogP contribution < -0.4 is 11.1 Å². The second-order valence-electron chi connectivity index (χ2n) is 6.99. The predicted octanol–water partition coefficient (Wildman–Crippen LogP) is 3.19. The summed E-state index contributed by atoms with van der Waals surface area (Å²) in [6.07, 6.45) is -0.643. The Balaban J connectivity index is 0.000000553. The van der Waals surface area contributed by atoms with Crippen LogP contribution in [-0.2, 0) is 11.0 Å². The van der Waals surface area contributed by atoms with Gasteiger partial charge in [-0.3, -0.25) is 4.79 Å². The van der Waals surface area contributed by atoms with E-state index in [1.165, 1.54) is 17.8 Å². The number of allylic oxidation sites excluding steroid dienone is 1. The van der Waals surface area contributed by atoms with Crippen LogP contribution in [0.25, 0.3) is 0 Å². The lowest BCUT2D eigenvalue weighted by Crippen LogP contribution is -2.42. The monoisotopic (exact) mass is 447 g/mol. The van der Waals surface area contributed by atoms with Crippen LogP contribution in [-0.4, -0.2) is 60.4 Å². The second-order valence-corrected chi connectivity index (χ2v) is 8.20. The van der Waals surface area contributed by atoms with Crippen molar-refractivity contribution < 1.29 is 27.9 Å². The zero-order valence-electron chi connectivity index (χ0n) is 17.0. The van der Waals surface area contributed by atoms with Crippen LogP contribution in [0.3, 0.4) is 0 Å². The maximum Gasteiger partial charge on any atom is 0.416 e. The number of nitrogens with two attached hydrogens (primary N) is 1. The third-order valence-electron chi connectivity index (χ3n) is 4.13. The van der Waals surface area contributed by atoms with E-state index >= 15 is 0 Å². The molecule has 2 rings (SSSR count). The van der Waals surface area contributed by atoms with Crippen LogP contribution in [0.2, 0.25) is 0 Å². The van der Waals surface area contributed by atoms with Crippen LogP contribution in [0, 0.1) is 0 Å². The average Bonchev–Trinajstić information content (AvgIpc) is 3.18. The van der Waals surface area contributed by atoms with Crippen LogP contribution in [0.15, 0.2) is 35.7 Å². The van der Waals surface area contributed by atoms with Gasteiger partial charge in [-0.25, -0.2) is 4.79 Å². The highest BCUT2D eigenvalue weighted by molar-refractivity contribution is 8.03. The van der Waals surface area contributed by atoms with E-state index in [4.69, 9.17) is 5.73 Å². The SMILES string of the molecule is CN(C)CCCN.O=C(N[C@@H](CC1CC=CS1)C(=O)O)c1cccc(C(F)(F)F)c1. The Morgan fingerprint density at radius 2 is 2.07 bits per heavy atom. The molecule has 0 saturated heterocycles. The summed E-state index contributed by atoms with van der Waals surface area (Å²) in [5.41, 5.74) is 4.08. The van der Waals surface area contributed by atoms with Crippen LogP contribution in [0.1, 0.15) is 35.2 Å². The highest BCUT2D eigenvalue weighted by atomic mass is 32.2. The van der Waals surface area contributed by atoms with Gasteiger partial charge in [-0.05, 0) is 70.1 Å². The Morgan fingerprint density at radius 3 is 2.53 bits per heavy atom. The number of hydrogen-bond donors (Lipinski definition) is 3. The van der Waals surface area contributed by atoms with Crippen LogP contribution in [0.4, 0.5) is 13.2 Å². The van der Waals surface area contributed by atoms with E-state index < -0.39 is 29.7 Å². The second kappa shape index (κ2) is 12.6. The minimum atomic E-state index is -4.56. The molecule has 30 heavy (non-hydrogen) atoms. The molecule has 1 heterocycles. The number of nitrogens with one attached hydrogen (secondary N) is 1. The maximum atomic E-state index is 12.7. The van der Waals surface area contributed by atoms with Crippen LogP contribution in [0.5, 0.6) is 0 Å². The summed E-state index contributed by atoms with van der Waals surface area (Å²) < 4.78 is 38.0. The molecule has 2 atom stereocenters. The topological polar surface area (TPSA) is 95.7 Å². The van der Waals surface area contributed by atoms with Gasteiger partial charge in [0.05, 0.1) is 5.56 Å². The standard InChI is InChI=1S/C15H14F3NO3S.C5H14N2/c16-15(17,18)10-4-1-3-9(7-10)13(20)19-12(14(21)22)8-11-5-2-6-23-11;1-7(2)5-3-4-6/h1-4,6-7,11-12H,5,8H2,(H,19,20)(H,21,22);3-6H2,1-2H3/t11?,12-;/m0./s1. The van der Waals surface area contributed by atoms with Crippen molar-refractivity contribution in [3.8, 4) is 0 Å². The molecule has 10 heteroatoms. The number of carboxylic acid groups (broad SMARTS) is 1. The molecule has 0 aliphatic carbocycles. The number of benzene rings is 1. The lowest BCUT2D eigenvalue weighted by atomic mass is 10.1. The Labute approximate surface area is 178 Å². The van der Waals surface area contributed by atoms with Crippen molar-refractivity contribution in [2.75, 3.05) is 27.2 Å². The molecule has 0 radical (unpaired) electrons. The van der Waals surface area contributed by atoms with E-state index in [1.54, 1.807) is 0 Å². The first kappa shape index (κ1) is 26.0.